The molecule has 0 bridgehead atoms. The van der Waals surface area contributed by atoms with E-state index in [1.165, 1.54) is 0 Å². The van der Waals surface area contributed by atoms with E-state index in [0.29, 0.717) is 6.61 Å². The highest BCUT2D eigenvalue weighted by molar-refractivity contribution is 5.57. The molecule has 3 aliphatic heterocycles. The first-order chi connectivity index (χ1) is 13.3. The largest absolute Gasteiger partial charge is 0.348 e. The molecule has 8 heteroatoms. The molecule has 0 aliphatic carbocycles. The molecule has 1 aromatic heterocycles. The van der Waals surface area contributed by atoms with Gasteiger partial charge in [-0.3, -0.25) is 0 Å². The lowest BCUT2D eigenvalue weighted by molar-refractivity contribution is -0.216. The summed E-state index contributed by atoms with van der Waals surface area (Å²) in [6.45, 7) is 8.06. The van der Waals surface area contributed by atoms with Crippen molar-refractivity contribution in [2.75, 3.05) is 6.61 Å². The third-order valence-corrected chi connectivity index (χ3v) is 5.30. The first-order valence-corrected chi connectivity index (χ1v) is 9.61. The molecule has 4 heterocycles. The van der Waals surface area contributed by atoms with Crippen LogP contribution in [0.5, 0.6) is 0 Å². The van der Waals surface area contributed by atoms with Crippen molar-refractivity contribution in [1.29, 1.82) is 0 Å². The van der Waals surface area contributed by atoms with Crippen LogP contribution in [-0.2, 0) is 23.7 Å². The molecule has 3 saturated heterocycles. The summed E-state index contributed by atoms with van der Waals surface area (Å²) >= 11 is 0. The van der Waals surface area contributed by atoms with Crippen LogP contribution in [0.25, 0.3) is 11.3 Å². The second-order valence-corrected chi connectivity index (χ2v) is 8.37. The average molecular weight is 387 g/mol. The standard InChI is InChI=1S/C20H25N3O5/c1-19(2)24-11-14(26-19)15-16-17(28-20(3,4)27-16)18(25-15)23-10-13(21-22-23)12-8-6-5-7-9-12/h5-10,14-18H,11H2,1-4H3/t14-,15-,16+,17+,18-/m1/s1. The molecular weight excluding hydrogens is 362 g/mol. The topological polar surface area (TPSA) is 76.9 Å². The number of nitrogens with zero attached hydrogens (tertiary/aromatic N) is 3. The minimum absolute atomic E-state index is 0.234. The SMILES string of the molecule is CC1(C)O[C@@H]2[C@H](O1)[C@H](n1cc(-c3ccccc3)nn1)O[C@@H]2[C@H]1COC(C)(C)O1. The maximum absolute atomic E-state index is 6.34. The molecule has 0 amide bonds. The normalized spacial score (nSPS) is 35.9. The quantitative estimate of drug-likeness (QED) is 0.801. The highest BCUT2D eigenvalue weighted by Gasteiger charge is 2.59. The fourth-order valence-electron chi connectivity index (χ4n) is 4.14. The molecule has 8 nitrogen and oxygen atoms in total. The number of fused-ring (bicyclic) bond motifs is 1. The lowest BCUT2D eigenvalue weighted by Gasteiger charge is -2.26. The number of rotatable bonds is 3. The number of hydrogen-bond donors (Lipinski definition) is 0. The maximum Gasteiger partial charge on any atom is 0.181 e. The van der Waals surface area contributed by atoms with Crippen molar-refractivity contribution in [3.8, 4) is 11.3 Å². The summed E-state index contributed by atoms with van der Waals surface area (Å²) in [7, 11) is 0. The molecule has 0 saturated carbocycles. The third-order valence-electron chi connectivity index (χ3n) is 5.30. The Balaban J connectivity index is 1.43. The molecule has 0 unspecified atom stereocenters. The van der Waals surface area contributed by atoms with Crippen LogP contribution in [0.1, 0.15) is 33.9 Å². The van der Waals surface area contributed by atoms with Crippen LogP contribution in [0.3, 0.4) is 0 Å². The van der Waals surface area contributed by atoms with E-state index in [0.717, 1.165) is 11.3 Å². The molecule has 0 radical (unpaired) electrons. The molecule has 3 aliphatic rings. The van der Waals surface area contributed by atoms with Gasteiger partial charge in [-0.15, -0.1) is 5.10 Å². The number of aromatic nitrogens is 3. The van der Waals surface area contributed by atoms with Gasteiger partial charge in [-0.05, 0) is 27.7 Å². The Morgan fingerprint density at radius 1 is 0.929 bits per heavy atom. The molecule has 28 heavy (non-hydrogen) atoms. The van der Waals surface area contributed by atoms with Gasteiger partial charge in [0.2, 0.25) is 0 Å². The summed E-state index contributed by atoms with van der Waals surface area (Å²) < 4.78 is 32.2. The van der Waals surface area contributed by atoms with E-state index in [1.807, 2.05) is 64.2 Å². The zero-order valence-electron chi connectivity index (χ0n) is 16.4. The molecule has 2 aromatic rings. The van der Waals surface area contributed by atoms with Crippen LogP contribution in [-0.4, -0.2) is 57.6 Å². The second kappa shape index (κ2) is 6.33. The van der Waals surface area contributed by atoms with Gasteiger partial charge in [-0.1, -0.05) is 35.5 Å². The van der Waals surface area contributed by atoms with E-state index in [4.69, 9.17) is 23.7 Å². The fourth-order valence-corrected chi connectivity index (χ4v) is 4.14. The van der Waals surface area contributed by atoms with Crippen LogP contribution in [0.2, 0.25) is 0 Å². The van der Waals surface area contributed by atoms with Gasteiger partial charge in [0.15, 0.2) is 17.8 Å². The second-order valence-electron chi connectivity index (χ2n) is 8.37. The van der Waals surface area contributed by atoms with Crippen LogP contribution >= 0.6 is 0 Å². The van der Waals surface area contributed by atoms with Crippen molar-refractivity contribution < 1.29 is 23.7 Å². The Labute approximate surface area is 163 Å². The molecular formula is C20H25N3O5. The van der Waals surface area contributed by atoms with Gasteiger partial charge in [-0.25, -0.2) is 4.68 Å². The van der Waals surface area contributed by atoms with Crippen LogP contribution < -0.4 is 0 Å². The highest BCUT2D eigenvalue weighted by atomic mass is 16.8. The zero-order chi connectivity index (χ0) is 19.5. The van der Waals surface area contributed by atoms with Crippen LogP contribution in [0, 0.1) is 0 Å². The van der Waals surface area contributed by atoms with Crippen molar-refractivity contribution in [1.82, 2.24) is 15.0 Å². The zero-order valence-corrected chi connectivity index (χ0v) is 16.4. The van der Waals surface area contributed by atoms with Crippen molar-refractivity contribution >= 4 is 0 Å². The molecule has 150 valence electrons. The smallest absolute Gasteiger partial charge is 0.181 e. The van der Waals surface area contributed by atoms with Gasteiger partial charge in [-0.2, -0.15) is 0 Å². The molecule has 5 rings (SSSR count). The predicted molar refractivity (Wildman–Crippen MR) is 98.1 cm³/mol. The predicted octanol–water partition coefficient (Wildman–Crippen LogP) is 2.51. The Morgan fingerprint density at radius 3 is 2.39 bits per heavy atom. The number of ether oxygens (including phenoxy) is 5. The molecule has 5 atom stereocenters. The monoisotopic (exact) mass is 387 g/mol. The van der Waals surface area contributed by atoms with Crippen molar-refractivity contribution in [2.24, 2.45) is 0 Å². The number of benzene rings is 1. The van der Waals surface area contributed by atoms with Gasteiger partial charge in [0.1, 0.15) is 30.1 Å². The van der Waals surface area contributed by atoms with E-state index < -0.39 is 17.8 Å². The van der Waals surface area contributed by atoms with Gasteiger partial charge in [0.05, 0.1) is 12.8 Å². The van der Waals surface area contributed by atoms with Crippen molar-refractivity contribution in [3.63, 3.8) is 0 Å². The Morgan fingerprint density at radius 2 is 1.68 bits per heavy atom. The van der Waals surface area contributed by atoms with E-state index in [2.05, 4.69) is 10.3 Å². The first kappa shape index (κ1) is 18.2. The molecule has 0 spiro atoms. The first-order valence-electron chi connectivity index (χ1n) is 9.61. The maximum atomic E-state index is 6.34. The summed E-state index contributed by atoms with van der Waals surface area (Å²) in [6, 6.07) is 9.92. The van der Waals surface area contributed by atoms with E-state index >= 15 is 0 Å². The summed E-state index contributed by atoms with van der Waals surface area (Å²) in [5.41, 5.74) is 1.78. The summed E-state index contributed by atoms with van der Waals surface area (Å²) in [5, 5.41) is 8.61. The lowest BCUT2D eigenvalue weighted by atomic mass is 10.1. The molecule has 3 fully saturated rings. The van der Waals surface area contributed by atoms with Gasteiger partial charge in [0.25, 0.3) is 0 Å². The molecule has 1 aromatic carbocycles. The third kappa shape index (κ3) is 3.15. The van der Waals surface area contributed by atoms with E-state index in [9.17, 15) is 0 Å². The van der Waals surface area contributed by atoms with Gasteiger partial charge in [0, 0.05) is 5.56 Å². The minimum atomic E-state index is -0.701. The lowest BCUT2D eigenvalue weighted by Crippen LogP contribution is -2.40. The fraction of sp³-hybridized carbons (Fsp3) is 0.600. The summed E-state index contributed by atoms with van der Waals surface area (Å²) in [6.07, 6.45) is 0.299. The highest BCUT2D eigenvalue weighted by Crippen LogP contribution is 2.45. The van der Waals surface area contributed by atoms with E-state index in [-0.39, 0.29) is 24.4 Å². The van der Waals surface area contributed by atoms with Crippen LogP contribution in [0.4, 0.5) is 0 Å². The minimum Gasteiger partial charge on any atom is -0.348 e. The Hall–Kier alpha value is -1.84. The van der Waals surface area contributed by atoms with Crippen molar-refractivity contribution in [3.05, 3.63) is 36.5 Å². The van der Waals surface area contributed by atoms with Gasteiger partial charge >= 0.3 is 0 Å². The summed E-state index contributed by atoms with van der Waals surface area (Å²) in [5.74, 6) is -1.34. The van der Waals surface area contributed by atoms with Gasteiger partial charge < -0.3 is 23.7 Å². The van der Waals surface area contributed by atoms with E-state index in [1.54, 1.807) is 4.68 Å². The number of hydrogen-bond acceptors (Lipinski definition) is 7. The van der Waals surface area contributed by atoms with Crippen molar-refractivity contribution in [2.45, 2.75) is 69.9 Å². The molecule has 0 N–H and O–H groups in total. The Bertz CT molecular complexity index is 853. The Kier molecular flexibility index (Phi) is 4.12. The summed E-state index contributed by atoms with van der Waals surface area (Å²) in [4.78, 5) is 0. The van der Waals surface area contributed by atoms with Crippen LogP contribution in [0.15, 0.2) is 36.5 Å². The average Bonchev–Trinajstić information content (AvgIpc) is 3.38.